The predicted octanol–water partition coefficient (Wildman–Crippen LogP) is 1.79. The third kappa shape index (κ3) is 2.10. The summed E-state index contributed by atoms with van der Waals surface area (Å²) in [5.41, 5.74) is 0.335. The first-order valence-corrected chi connectivity index (χ1v) is 5.19. The van der Waals surface area contributed by atoms with Gasteiger partial charge in [-0.05, 0) is 24.3 Å². The molecule has 1 atom stereocenters. The van der Waals surface area contributed by atoms with Crippen LogP contribution in [0, 0.1) is 11.3 Å². The molecule has 1 saturated heterocycles. The molecule has 1 aliphatic heterocycles. The Hall–Kier alpha value is -1.73. The van der Waals surface area contributed by atoms with Crippen molar-refractivity contribution in [2.45, 2.75) is 12.0 Å². The van der Waals surface area contributed by atoms with Gasteiger partial charge in [0.1, 0.15) is 5.75 Å². The SMILES string of the molecule is COc1ccc(N[C@]2(C#N)CCOC2)cc1. The number of rotatable bonds is 3. The Morgan fingerprint density at radius 2 is 2.19 bits per heavy atom. The molecule has 1 fully saturated rings. The fourth-order valence-corrected chi connectivity index (χ4v) is 1.73. The second kappa shape index (κ2) is 4.42. The van der Waals surface area contributed by atoms with Crippen molar-refractivity contribution in [3.8, 4) is 11.8 Å². The maximum atomic E-state index is 9.16. The van der Waals surface area contributed by atoms with Crippen LogP contribution in [0.3, 0.4) is 0 Å². The fourth-order valence-electron chi connectivity index (χ4n) is 1.73. The van der Waals surface area contributed by atoms with Gasteiger partial charge in [0.15, 0.2) is 5.54 Å². The van der Waals surface area contributed by atoms with E-state index in [1.165, 1.54) is 0 Å². The zero-order chi connectivity index (χ0) is 11.4. The van der Waals surface area contributed by atoms with Crippen LogP contribution in [0.4, 0.5) is 5.69 Å². The quantitative estimate of drug-likeness (QED) is 0.840. The molecule has 0 aromatic heterocycles. The summed E-state index contributed by atoms with van der Waals surface area (Å²) in [7, 11) is 1.63. The van der Waals surface area contributed by atoms with E-state index in [4.69, 9.17) is 14.7 Å². The van der Waals surface area contributed by atoms with E-state index in [0.717, 1.165) is 17.9 Å². The molecule has 16 heavy (non-hydrogen) atoms. The van der Waals surface area contributed by atoms with E-state index in [9.17, 15) is 0 Å². The largest absolute Gasteiger partial charge is 0.497 e. The lowest BCUT2D eigenvalue weighted by Crippen LogP contribution is -2.36. The molecule has 1 aromatic carbocycles. The number of methoxy groups -OCH3 is 1. The smallest absolute Gasteiger partial charge is 0.151 e. The van der Waals surface area contributed by atoms with Gasteiger partial charge in [-0.15, -0.1) is 0 Å². The monoisotopic (exact) mass is 218 g/mol. The summed E-state index contributed by atoms with van der Waals surface area (Å²) < 4.78 is 10.3. The van der Waals surface area contributed by atoms with Gasteiger partial charge in [0.2, 0.25) is 0 Å². The summed E-state index contributed by atoms with van der Waals surface area (Å²) in [6.07, 6.45) is 0.718. The molecule has 0 aliphatic carbocycles. The van der Waals surface area contributed by atoms with Gasteiger partial charge in [-0.2, -0.15) is 5.26 Å². The lowest BCUT2D eigenvalue weighted by molar-refractivity contribution is 0.189. The maximum Gasteiger partial charge on any atom is 0.151 e. The van der Waals surface area contributed by atoms with Crippen molar-refractivity contribution in [2.24, 2.45) is 0 Å². The summed E-state index contributed by atoms with van der Waals surface area (Å²) in [6, 6.07) is 9.81. The number of nitrogens with zero attached hydrogens (tertiary/aromatic N) is 1. The standard InChI is InChI=1S/C12H14N2O2/c1-15-11-4-2-10(3-5-11)14-12(8-13)6-7-16-9-12/h2-5,14H,6-7,9H2,1H3/t12-/m0/s1. The summed E-state index contributed by atoms with van der Waals surface area (Å²) in [5, 5.41) is 12.4. The lowest BCUT2D eigenvalue weighted by Gasteiger charge is -2.21. The second-order valence-corrected chi connectivity index (χ2v) is 3.85. The molecule has 0 saturated carbocycles. The van der Waals surface area contributed by atoms with Crippen LogP contribution in [0.15, 0.2) is 24.3 Å². The minimum Gasteiger partial charge on any atom is -0.497 e. The number of ether oxygens (including phenoxy) is 2. The minimum absolute atomic E-state index is 0.440. The molecule has 2 rings (SSSR count). The van der Waals surface area contributed by atoms with Crippen molar-refractivity contribution in [1.29, 1.82) is 5.26 Å². The summed E-state index contributed by atoms with van der Waals surface area (Å²) in [6.45, 7) is 1.08. The molecule has 4 nitrogen and oxygen atoms in total. The van der Waals surface area contributed by atoms with Gasteiger partial charge < -0.3 is 14.8 Å². The highest BCUT2D eigenvalue weighted by molar-refractivity contribution is 5.50. The van der Waals surface area contributed by atoms with E-state index >= 15 is 0 Å². The van der Waals surface area contributed by atoms with Crippen molar-refractivity contribution in [3.63, 3.8) is 0 Å². The molecule has 1 heterocycles. The third-order valence-corrected chi connectivity index (χ3v) is 2.71. The zero-order valence-electron chi connectivity index (χ0n) is 9.19. The molecule has 0 unspecified atom stereocenters. The molecule has 1 aliphatic rings. The van der Waals surface area contributed by atoms with E-state index in [1.54, 1.807) is 7.11 Å². The molecular formula is C12H14N2O2. The average Bonchev–Trinajstić information content (AvgIpc) is 2.79. The highest BCUT2D eigenvalue weighted by Crippen LogP contribution is 2.24. The number of hydrogen-bond donors (Lipinski definition) is 1. The molecule has 84 valence electrons. The Balaban J connectivity index is 2.11. The van der Waals surface area contributed by atoms with Crippen LogP contribution in [0.5, 0.6) is 5.75 Å². The van der Waals surface area contributed by atoms with Crippen LogP contribution in [0.2, 0.25) is 0 Å². The van der Waals surface area contributed by atoms with Crippen LogP contribution in [0.1, 0.15) is 6.42 Å². The molecule has 0 bridgehead atoms. The molecule has 0 spiro atoms. The molecule has 0 radical (unpaired) electrons. The molecular weight excluding hydrogens is 204 g/mol. The van der Waals surface area contributed by atoms with Crippen molar-refractivity contribution in [3.05, 3.63) is 24.3 Å². The molecule has 0 amide bonds. The van der Waals surface area contributed by atoms with Crippen molar-refractivity contribution < 1.29 is 9.47 Å². The van der Waals surface area contributed by atoms with Crippen LogP contribution < -0.4 is 10.1 Å². The number of anilines is 1. The third-order valence-electron chi connectivity index (χ3n) is 2.71. The number of hydrogen-bond acceptors (Lipinski definition) is 4. The van der Waals surface area contributed by atoms with Crippen LogP contribution in [-0.2, 0) is 4.74 Å². The van der Waals surface area contributed by atoms with Crippen molar-refractivity contribution in [2.75, 3.05) is 25.6 Å². The maximum absolute atomic E-state index is 9.16. The Morgan fingerprint density at radius 1 is 1.44 bits per heavy atom. The highest BCUT2D eigenvalue weighted by Gasteiger charge is 2.34. The first kappa shape index (κ1) is 10.8. The Bertz CT molecular complexity index is 388. The van der Waals surface area contributed by atoms with Crippen LogP contribution in [0.25, 0.3) is 0 Å². The minimum atomic E-state index is -0.575. The van der Waals surface area contributed by atoms with Gasteiger partial charge in [-0.25, -0.2) is 0 Å². The van der Waals surface area contributed by atoms with Gasteiger partial charge in [-0.3, -0.25) is 0 Å². The van der Waals surface area contributed by atoms with E-state index in [1.807, 2.05) is 24.3 Å². The summed E-state index contributed by atoms with van der Waals surface area (Å²) in [5.74, 6) is 0.805. The summed E-state index contributed by atoms with van der Waals surface area (Å²) >= 11 is 0. The lowest BCUT2D eigenvalue weighted by atomic mass is 10.0. The number of benzene rings is 1. The Morgan fingerprint density at radius 3 is 2.69 bits per heavy atom. The van der Waals surface area contributed by atoms with Crippen LogP contribution in [-0.4, -0.2) is 25.9 Å². The van der Waals surface area contributed by atoms with E-state index in [0.29, 0.717) is 13.2 Å². The Kier molecular flexibility index (Phi) is 2.97. The topological polar surface area (TPSA) is 54.3 Å². The second-order valence-electron chi connectivity index (χ2n) is 3.85. The van der Waals surface area contributed by atoms with E-state index < -0.39 is 5.54 Å². The Labute approximate surface area is 94.8 Å². The van der Waals surface area contributed by atoms with Gasteiger partial charge in [0.25, 0.3) is 0 Å². The van der Waals surface area contributed by atoms with Gasteiger partial charge in [0, 0.05) is 12.1 Å². The molecule has 4 heteroatoms. The van der Waals surface area contributed by atoms with Crippen LogP contribution >= 0.6 is 0 Å². The predicted molar refractivity (Wildman–Crippen MR) is 60.4 cm³/mol. The number of nitrogens with one attached hydrogen (secondary N) is 1. The average molecular weight is 218 g/mol. The van der Waals surface area contributed by atoms with Crippen molar-refractivity contribution in [1.82, 2.24) is 0 Å². The van der Waals surface area contributed by atoms with E-state index in [2.05, 4.69) is 11.4 Å². The first-order chi connectivity index (χ1) is 7.78. The van der Waals surface area contributed by atoms with Gasteiger partial charge >= 0.3 is 0 Å². The van der Waals surface area contributed by atoms with Crippen molar-refractivity contribution >= 4 is 5.69 Å². The highest BCUT2D eigenvalue weighted by atomic mass is 16.5. The normalized spacial score (nSPS) is 23.8. The van der Waals surface area contributed by atoms with E-state index in [-0.39, 0.29) is 0 Å². The molecule has 1 N–H and O–H groups in total. The van der Waals surface area contributed by atoms with Gasteiger partial charge in [-0.1, -0.05) is 0 Å². The molecule has 1 aromatic rings. The first-order valence-electron chi connectivity index (χ1n) is 5.19. The van der Waals surface area contributed by atoms with Gasteiger partial charge in [0.05, 0.1) is 26.4 Å². The zero-order valence-corrected chi connectivity index (χ0v) is 9.19. The number of nitriles is 1. The summed E-state index contributed by atoms with van der Waals surface area (Å²) in [4.78, 5) is 0. The fraction of sp³-hybridized carbons (Fsp3) is 0.417.